The van der Waals surface area contributed by atoms with E-state index in [9.17, 15) is 21.6 Å². The average molecular weight is 340 g/mol. The lowest BCUT2D eigenvalue weighted by molar-refractivity contribution is -0.138. The molecule has 21 heavy (non-hydrogen) atoms. The Morgan fingerprint density at radius 2 is 1.95 bits per heavy atom. The smallest absolute Gasteiger partial charge is 0.392 e. The molecule has 0 saturated heterocycles. The van der Waals surface area contributed by atoms with Gasteiger partial charge in [-0.25, -0.2) is 8.42 Å². The number of likely N-dealkylation sites (N-methyl/N-ethyl adjacent to an activating group) is 1. The van der Waals surface area contributed by atoms with Crippen LogP contribution in [0.25, 0.3) is 0 Å². The van der Waals surface area contributed by atoms with Crippen LogP contribution in [-0.4, -0.2) is 30.8 Å². The maximum atomic E-state index is 12.9. The molecule has 0 aliphatic heterocycles. The van der Waals surface area contributed by atoms with Gasteiger partial charge >= 0.3 is 6.18 Å². The van der Waals surface area contributed by atoms with Gasteiger partial charge in [0.1, 0.15) is 0 Å². The van der Waals surface area contributed by atoms with E-state index >= 15 is 0 Å². The third kappa shape index (κ3) is 3.92. The highest BCUT2D eigenvalue weighted by Crippen LogP contribution is 2.34. The van der Waals surface area contributed by atoms with Crippen LogP contribution < -0.4 is 5.73 Å². The topological polar surface area (TPSA) is 63.4 Å². The van der Waals surface area contributed by atoms with E-state index in [0.29, 0.717) is 0 Å². The van der Waals surface area contributed by atoms with Crippen molar-refractivity contribution >= 4 is 27.2 Å². The third-order valence-corrected chi connectivity index (χ3v) is 5.09. The van der Waals surface area contributed by atoms with Crippen LogP contribution in [0.5, 0.6) is 0 Å². The van der Waals surface area contributed by atoms with Gasteiger partial charge in [0.15, 0.2) is 0 Å². The molecule has 0 heterocycles. The lowest BCUT2D eigenvalue weighted by atomic mass is 10.1. The van der Waals surface area contributed by atoms with Gasteiger partial charge in [0, 0.05) is 6.54 Å². The second kappa shape index (κ2) is 6.29. The van der Waals surface area contributed by atoms with Crippen molar-refractivity contribution in [1.29, 1.82) is 0 Å². The van der Waals surface area contributed by atoms with E-state index in [4.69, 9.17) is 5.73 Å². The van der Waals surface area contributed by atoms with Gasteiger partial charge in [-0.2, -0.15) is 17.5 Å². The van der Waals surface area contributed by atoms with Gasteiger partial charge in [-0.1, -0.05) is 25.2 Å². The fraction of sp³-hybridized carbons (Fsp3) is 0.417. The van der Waals surface area contributed by atoms with Crippen molar-refractivity contribution in [3.05, 3.63) is 29.3 Å². The van der Waals surface area contributed by atoms with Gasteiger partial charge in [0.25, 0.3) is 0 Å². The number of hydrogen-bond donors (Lipinski definition) is 1. The van der Waals surface area contributed by atoms with Gasteiger partial charge in [-0.3, -0.25) is 0 Å². The lowest BCUT2D eigenvalue weighted by Gasteiger charge is -2.22. The van der Waals surface area contributed by atoms with E-state index in [1.807, 2.05) is 0 Å². The standard InChI is InChI=1S/C12H15F3N2O2S2/c1-3-17(7-11(16)20)21(18,19)10-6-4-5-9(8(10)2)12(13,14)15/h4-6H,3,7H2,1-2H3,(H2,16,20). The Morgan fingerprint density at radius 1 is 1.38 bits per heavy atom. The molecule has 0 radical (unpaired) electrons. The van der Waals surface area contributed by atoms with Crippen molar-refractivity contribution in [2.24, 2.45) is 5.73 Å². The zero-order valence-corrected chi connectivity index (χ0v) is 13.1. The molecule has 0 unspecified atom stereocenters. The van der Waals surface area contributed by atoms with Gasteiger partial charge in [0.2, 0.25) is 10.0 Å². The Balaban J connectivity index is 3.42. The van der Waals surface area contributed by atoms with Crippen molar-refractivity contribution in [2.75, 3.05) is 13.1 Å². The molecule has 1 aromatic carbocycles. The Morgan fingerprint density at radius 3 is 2.38 bits per heavy atom. The molecule has 0 amide bonds. The molecule has 2 N–H and O–H groups in total. The number of sulfonamides is 1. The molecule has 118 valence electrons. The Bertz CT molecular complexity index is 642. The monoisotopic (exact) mass is 340 g/mol. The average Bonchev–Trinajstić information content (AvgIpc) is 2.34. The van der Waals surface area contributed by atoms with Crippen molar-refractivity contribution in [1.82, 2.24) is 4.31 Å². The Labute approximate surface area is 126 Å². The number of thiocarbonyl (C=S) groups is 1. The molecule has 0 fully saturated rings. The van der Waals surface area contributed by atoms with Gasteiger partial charge in [-0.05, 0) is 24.6 Å². The van der Waals surface area contributed by atoms with E-state index in [0.717, 1.165) is 29.4 Å². The van der Waals surface area contributed by atoms with Crippen LogP contribution in [0.1, 0.15) is 18.1 Å². The van der Waals surface area contributed by atoms with Crippen molar-refractivity contribution in [3.63, 3.8) is 0 Å². The molecule has 1 aromatic rings. The molecular weight excluding hydrogens is 325 g/mol. The van der Waals surface area contributed by atoms with E-state index in [-0.39, 0.29) is 23.6 Å². The summed E-state index contributed by atoms with van der Waals surface area (Å²) in [4.78, 5) is -0.444. The quantitative estimate of drug-likeness (QED) is 0.836. The summed E-state index contributed by atoms with van der Waals surface area (Å²) in [7, 11) is -4.09. The number of nitrogens with two attached hydrogens (primary N) is 1. The van der Waals surface area contributed by atoms with Crippen LogP contribution in [0.2, 0.25) is 0 Å². The predicted molar refractivity (Wildman–Crippen MR) is 77.4 cm³/mol. The minimum atomic E-state index is -4.62. The van der Waals surface area contributed by atoms with Crippen LogP contribution in [0.4, 0.5) is 13.2 Å². The fourth-order valence-electron chi connectivity index (χ4n) is 1.88. The first kappa shape index (κ1) is 17.9. The maximum absolute atomic E-state index is 12.9. The van der Waals surface area contributed by atoms with E-state index < -0.39 is 26.7 Å². The van der Waals surface area contributed by atoms with Gasteiger partial charge in [-0.15, -0.1) is 0 Å². The maximum Gasteiger partial charge on any atom is 0.416 e. The minimum absolute atomic E-state index is 0.0509. The number of alkyl halides is 3. The first-order chi connectivity index (χ1) is 9.51. The number of hydrogen-bond acceptors (Lipinski definition) is 3. The van der Waals surface area contributed by atoms with Crippen molar-refractivity contribution in [2.45, 2.75) is 24.9 Å². The summed E-state index contributed by atoms with van der Waals surface area (Å²) in [5, 5.41) is 0. The van der Waals surface area contributed by atoms with Crippen LogP contribution in [0.3, 0.4) is 0 Å². The summed E-state index contributed by atoms with van der Waals surface area (Å²) >= 11 is 4.67. The molecule has 4 nitrogen and oxygen atoms in total. The normalized spacial score (nSPS) is 12.7. The lowest BCUT2D eigenvalue weighted by Crippen LogP contribution is -2.38. The molecule has 0 aliphatic carbocycles. The molecular formula is C12H15F3N2O2S2. The molecule has 0 atom stereocenters. The molecule has 0 spiro atoms. The summed E-state index contributed by atoms with van der Waals surface area (Å²) in [5.41, 5.74) is 4.01. The Kier molecular flexibility index (Phi) is 5.35. The summed E-state index contributed by atoms with van der Waals surface area (Å²) in [6.45, 7) is 2.52. The van der Waals surface area contributed by atoms with E-state index in [1.54, 1.807) is 6.92 Å². The van der Waals surface area contributed by atoms with Crippen LogP contribution in [0.15, 0.2) is 23.1 Å². The molecule has 0 aliphatic rings. The number of halogens is 3. The number of rotatable bonds is 5. The summed E-state index contributed by atoms with van der Waals surface area (Å²) in [5.74, 6) is 0. The van der Waals surface area contributed by atoms with Crippen molar-refractivity contribution in [3.8, 4) is 0 Å². The summed E-state index contributed by atoms with van der Waals surface area (Å²) < 4.78 is 64.4. The molecule has 0 saturated carbocycles. The SMILES string of the molecule is CCN(CC(N)=S)S(=O)(=O)c1cccc(C(F)(F)F)c1C. The zero-order chi connectivity index (χ0) is 16.4. The first-order valence-electron chi connectivity index (χ1n) is 5.97. The molecule has 1 rings (SSSR count). The van der Waals surface area contributed by atoms with E-state index in [2.05, 4.69) is 12.2 Å². The van der Waals surface area contributed by atoms with Crippen LogP contribution in [-0.2, 0) is 16.2 Å². The van der Waals surface area contributed by atoms with Gasteiger partial charge < -0.3 is 5.73 Å². The molecule has 0 bridgehead atoms. The highest BCUT2D eigenvalue weighted by Gasteiger charge is 2.35. The van der Waals surface area contributed by atoms with Crippen LogP contribution >= 0.6 is 12.2 Å². The Hall–Kier alpha value is -1.19. The minimum Gasteiger partial charge on any atom is -0.392 e. The zero-order valence-electron chi connectivity index (χ0n) is 11.4. The van der Waals surface area contributed by atoms with Gasteiger partial charge in [0.05, 0.1) is 22.0 Å². The highest BCUT2D eigenvalue weighted by molar-refractivity contribution is 7.89. The third-order valence-electron chi connectivity index (χ3n) is 2.89. The van der Waals surface area contributed by atoms with E-state index in [1.165, 1.54) is 0 Å². The van der Waals surface area contributed by atoms with Crippen molar-refractivity contribution < 1.29 is 21.6 Å². The summed E-state index contributed by atoms with van der Waals surface area (Å²) in [6.07, 6.45) is -4.62. The highest BCUT2D eigenvalue weighted by atomic mass is 32.2. The fourth-order valence-corrected chi connectivity index (χ4v) is 3.79. The second-order valence-electron chi connectivity index (χ2n) is 4.32. The van der Waals surface area contributed by atoms with Crippen LogP contribution in [0, 0.1) is 6.92 Å². The number of benzene rings is 1. The first-order valence-corrected chi connectivity index (χ1v) is 7.82. The second-order valence-corrected chi connectivity index (χ2v) is 6.75. The molecule has 9 heteroatoms. The number of nitrogens with zero attached hydrogens (tertiary/aromatic N) is 1. The molecule has 0 aromatic heterocycles. The predicted octanol–water partition coefficient (Wildman–Crippen LogP) is 2.31. The largest absolute Gasteiger partial charge is 0.416 e. The summed E-state index contributed by atoms with van der Waals surface area (Å²) in [6, 6.07) is 3.05.